The number of nitrogens with zero attached hydrogens (tertiary/aromatic N) is 2. The van der Waals surface area contributed by atoms with Gasteiger partial charge in [-0.05, 0) is 75.8 Å². The summed E-state index contributed by atoms with van der Waals surface area (Å²) >= 11 is 0. The van der Waals surface area contributed by atoms with Gasteiger partial charge in [-0.25, -0.2) is 0 Å². The number of benzene rings is 2. The first-order valence-electron chi connectivity index (χ1n) is 13.9. The zero-order chi connectivity index (χ0) is 25.5. The summed E-state index contributed by atoms with van der Waals surface area (Å²) in [6.07, 6.45) is 28.7. The minimum absolute atomic E-state index is 0.120. The number of para-hydroxylation sites is 2. The first kappa shape index (κ1) is 21.3. The summed E-state index contributed by atoms with van der Waals surface area (Å²) in [4.78, 5) is 4.86. The standard InChI is InChI=1S/C37H26N2/c1-2-8-27(9-3-1)39-33-11-5-4-10-29(33)32-22-24(15-19-34(32)39)28-16-12-23-13-18-31-36-25(14-17-30(28)35(23)36)21-26-7-6-20-38-37(26)31/h1-14,16-22,24,35,37H,15H2. The van der Waals surface area contributed by atoms with Crippen LogP contribution in [-0.4, -0.2) is 16.8 Å². The molecule has 0 spiro atoms. The quantitative estimate of drug-likeness (QED) is 0.390. The molecule has 184 valence electrons. The summed E-state index contributed by atoms with van der Waals surface area (Å²) in [5, 5.41) is 3.99. The molecule has 0 amide bonds. The van der Waals surface area contributed by atoms with Gasteiger partial charge in [0.2, 0.25) is 0 Å². The Labute approximate surface area is 227 Å². The minimum Gasteiger partial charge on any atom is -0.310 e. The molecule has 0 radical (unpaired) electrons. The van der Waals surface area contributed by atoms with Gasteiger partial charge in [-0.1, -0.05) is 91.1 Å². The molecule has 3 unspecified atom stereocenters. The lowest BCUT2D eigenvalue weighted by Crippen LogP contribution is -2.33. The number of aliphatic imine (C=N–C) groups is 1. The highest BCUT2D eigenvalue weighted by Crippen LogP contribution is 2.51. The Morgan fingerprint density at radius 1 is 0.795 bits per heavy atom. The molecule has 2 heteroatoms. The molecule has 0 saturated heterocycles. The zero-order valence-corrected chi connectivity index (χ0v) is 21.5. The van der Waals surface area contributed by atoms with Crippen molar-refractivity contribution in [1.82, 2.24) is 4.57 Å². The van der Waals surface area contributed by atoms with E-state index in [1.165, 1.54) is 66.2 Å². The van der Waals surface area contributed by atoms with Crippen LogP contribution in [0.1, 0.15) is 6.42 Å². The molecule has 0 saturated carbocycles. The molecule has 3 atom stereocenters. The summed E-state index contributed by atoms with van der Waals surface area (Å²) in [5.74, 6) is 0.635. The fourth-order valence-corrected chi connectivity index (χ4v) is 7.41. The predicted molar refractivity (Wildman–Crippen MR) is 161 cm³/mol. The van der Waals surface area contributed by atoms with Gasteiger partial charge in [-0.3, -0.25) is 4.99 Å². The molecule has 3 aromatic rings. The Hall–Kier alpha value is -4.69. The van der Waals surface area contributed by atoms with Gasteiger partial charge in [0.25, 0.3) is 0 Å². The van der Waals surface area contributed by atoms with E-state index in [-0.39, 0.29) is 6.04 Å². The van der Waals surface area contributed by atoms with Crippen molar-refractivity contribution in [2.75, 3.05) is 0 Å². The zero-order valence-electron chi connectivity index (χ0n) is 21.5. The lowest BCUT2D eigenvalue weighted by Gasteiger charge is -2.40. The van der Waals surface area contributed by atoms with Crippen LogP contribution in [0.5, 0.6) is 0 Å². The smallest absolute Gasteiger partial charge is 0.100 e. The van der Waals surface area contributed by atoms with Crippen molar-refractivity contribution in [3.05, 3.63) is 159 Å². The molecule has 6 aliphatic rings. The van der Waals surface area contributed by atoms with E-state index in [4.69, 9.17) is 4.99 Å². The average molecular weight is 499 g/mol. The van der Waals surface area contributed by atoms with E-state index in [0.29, 0.717) is 11.8 Å². The summed E-state index contributed by atoms with van der Waals surface area (Å²) in [6.45, 7) is 0. The Morgan fingerprint density at radius 2 is 1.67 bits per heavy atom. The highest BCUT2D eigenvalue weighted by molar-refractivity contribution is 5.85. The molecule has 2 heterocycles. The van der Waals surface area contributed by atoms with Crippen LogP contribution in [0.3, 0.4) is 0 Å². The van der Waals surface area contributed by atoms with E-state index in [0.717, 1.165) is 6.42 Å². The third-order valence-corrected chi connectivity index (χ3v) is 9.08. The molecule has 39 heavy (non-hydrogen) atoms. The first-order valence-corrected chi connectivity index (χ1v) is 13.9. The Morgan fingerprint density at radius 3 is 2.62 bits per heavy atom. The van der Waals surface area contributed by atoms with Crippen LogP contribution in [0.4, 0.5) is 0 Å². The predicted octanol–water partition coefficient (Wildman–Crippen LogP) is 6.38. The van der Waals surface area contributed by atoms with Gasteiger partial charge in [-0.2, -0.15) is 0 Å². The van der Waals surface area contributed by atoms with E-state index < -0.39 is 0 Å². The average Bonchev–Trinajstić information content (AvgIpc) is 3.33. The van der Waals surface area contributed by atoms with E-state index in [1.807, 2.05) is 6.21 Å². The normalized spacial score (nSPS) is 25.3. The van der Waals surface area contributed by atoms with Gasteiger partial charge in [0.1, 0.15) is 6.04 Å². The van der Waals surface area contributed by atoms with Crippen molar-refractivity contribution in [2.24, 2.45) is 16.8 Å². The van der Waals surface area contributed by atoms with Gasteiger partial charge < -0.3 is 4.57 Å². The molecular weight excluding hydrogens is 472 g/mol. The van der Waals surface area contributed by atoms with E-state index in [2.05, 4.69) is 126 Å². The highest BCUT2D eigenvalue weighted by Gasteiger charge is 2.39. The molecule has 5 aliphatic carbocycles. The maximum Gasteiger partial charge on any atom is 0.100 e. The number of hydrogen-bond donors (Lipinski definition) is 0. The Bertz CT molecular complexity index is 2030. The highest BCUT2D eigenvalue weighted by atomic mass is 15.0. The maximum absolute atomic E-state index is 4.86. The Balaban J connectivity index is 1.21. The van der Waals surface area contributed by atoms with Crippen LogP contribution >= 0.6 is 0 Å². The third-order valence-electron chi connectivity index (χ3n) is 9.08. The summed E-state index contributed by atoms with van der Waals surface area (Å²) in [6, 6.07) is 19.7. The van der Waals surface area contributed by atoms with Gasteiger partial charge in [0, 0.05) is 39.7 Å². The van der Waals surface area contributed by atoms with Gasteiger partial charge in [0.05, 0.1) is 5.52 Å². The lowest BCUT2D eigenvalue weighted by atomic mass is 9.64. The monoisotopic (exact) mass is 498 g/mol. The van der Waals surface area contributed by atoms with E-state index in [1.54, 1.807) is 0 Å². The van der Waals surface area contributed by atoms with Crippen LogP contribution in [0.2, 0.25) is 0 Å². The van der Waals surface area contributed by atoms with Crippen molar-refractivity contribution >= 4 is 29.3 Å². The molecular formula is C37H26N2. The van der Waals surface area contributed by atoms with Crippen molar-refractivity contribution in [3.63, 3.8) is 0 Å². The van der Waals surface area contributed by atoms with Crippen molar-refractivity contribution in [3.8, 4) is 5.69 Å². The van der Waals surface area contributed by atoms with Gasteiger partial charge >= 0.3 is 0 Å². The van der Waals surface area contributed by atoms with Gasteiger partial charge in [0.15, 0.2) is 0 Å². The summed E-state index contributed by atoms with van der Waals surface area (Å²) in [7, 11) is 0. The number of fused-ring (bicyclic) bond motifs is 5. The van der Waals surface area contributed by atoms with Crippen LogP contribution in [0.15, 0.2) is 153 Å². The van der Waals surface area contributed by atoms with E-state index >= 15 is 0 Å². The molecule has 1 aromatic heterocycles. The summed E-state index contributed by atoms with van der Waals surface area (Å²) in [5.41, 5.74) is 12.2. The third kappa shape index (κ3) is 2.94. The van der Waals surface area contributed by atoms with Crippen LogP contribution in [0, 0.1) is 11.8 Å². The largest absolute Gasteiger partial charge is 0.310 e. The van der Waals surface area contributed by atoms with Crippen molar-refractivity contribution in [1.29, 1.82) is 0 Å². The van der Waals surface area contributed by atoms with E-state index in [9.17, 15) is 0 Å². The fourth-order valence-electron chi connectivity index (χ4n) is 7.41. The number of hydrogen-bond acceptors (Lipinski definition) is 1. The minimum atomic E-state index is 0.120. The molecule has 9 rings (SSSR count). The SMILES string of the molecule is C1=CC2=CC3=C4C(=CC=C5C=CC(C6C=c7c(n(-c8ccccc8)c8ccccc78)=CC6)=C(C=C3)C54)C2N=C1. The molecule has 2 nitrogen and oxygen atoms in total. The van der Waals surface area contributed by atoms with Crippen molar-refractivity contribution in [2.45, 2.75) is 12.5 Å². The number of allylic oxidation sites excluding steroid dienone is 12. The second kappa shape index (κ2) is 7.91. The number of aromatic nitrogens is 1. The Kier molecular flexibility index (Phi) is 4.31. The molecule has 0 N–H and O–H groups in total. The topological polar surface area (TPSA) is 17.3 Å². The van der Waals surface area contributed by atoms with Crippen molar-refractivity contribution < 1.29 is 0 Å². The number of dihydropyridines is 1. The molecule has 1 aliphatic heterocycles. The fraction of sp³-hybridized carbons (Fsp3) is 0.108. The molecule has 0 fully saturated rings. The maximum atomic E-state index is 4.86. The second-order valence-corrected chi connectivity index (χ2v) is 11.1. The van der Waals surface area contributed by atoms with Crippen LogP contribution < -0.4 is 10.6 Å². The van der Waals surface area contributed by atoms with Crippen LogP contribution in [0.25, 0.3) is 28.7 Å². The first-order chi connectivity index (χ1) is 19.3. The second-order valence-electron chi connectivity index (χ2n) is 11.1. The summed E-state index contributed by atoms with van der Waals surface area (Å²) < 4.78 is 2.42. The van der Waals surface area contributed by atoms with Crippen LogP contribution in [-0.2, 0) is 0 Å². The molecule has 0 bridgehead atoms. The molecule has 2 aromatic carbocycles. The van der Waals surface area contributed by atoms with Gasteiger partial charge in [-0.15, -0.1) is 0 Å². The number of rotatable bonds is 2. The lowest BCUT2D eigenvalue weighted by molar-refractivity contribution is 0.746.